The maximum Gasteiger partial charge on any atom is 0.324 e. The van der Waals surface area contributed by atoms with Crippen molar-refractivity contribution >= 4 is 40.2 Å². The highest BCUT2D eigenvalue weighted by molar-refractivity contribution is 6.37. The van der Waals surface area contributed by atoms with Gasteiger partial charge in [-0.15, -0.1) is 0 Å². The van der Waals surface area contributed by atoms with Gasteiger partial charge < -0.3 is 15.0 Å². The SMILES string of the molecule is C/C=C/c1cc(Nc2cc(C)nc(Oc3ccc4[nH]c(C)cc4c3Cl)n2)n[nH]1. The number of nitrogens with zero attached hydrogens (tertiary/aromatic N) is 3. The first-order valence-electron chi connectivity index (χ1n) is 8.78. The van der Waals surface area contributed by atoms with Crippen molar-refractivity contribution < 1.29 is 4.74 Å². The minimum atomic E-state index is 0.209. The van der Waals surface area contributed by atoms with E-state index in [0.29, 0.717) is 22.4 Å². The van der Waals surface area contributed by atoms with E-state index in [-0.39, 0.29) is 6.01 Å². The number of aryl methyl sites for hydroxylation is 2. The normalized spacial score (nSPS) is 11.4. The number of fused-ring (bicyclic) bond motifs is 1. The van der Waals surface area contributed by atoms with Crippen molar-refractivity contribution in [2.24, 2.45) is 0 Å². The lowest BCUT2D eigenvalue weighted by molar-refractivity contribution is 0.442. The molecule has 0 saturated heterocycles. The van der Waals surface area contributed by atoms with Crippen LogP contribution in [0.25, 0.3) is 17.0 Å². The van der Waals surface area contributed by atoms with Gasteiger partial charge in [-0.3, -0.25) is 5.10 Å². The average Bonchev–Trinajstić information content (AvgIpc) is 3.23. The maximum atomic E-state index is 6.51. The Morgan fingerprint density at radius 3 is 2.79 bits per heavy atom. The third-order valence-electron chi connectivity index (χ3n) is 4.07. The van der Waals surface area contributed by atoms with Crippen molar-refractivity contribution in [2.75, 3.05) is 5.32 Å². The number of anilines is 2. The van der Waals surface area contributed by atoms with E-state index >= 15 is 0 Å². The number of halogens is 1. The second kappa shape index (κ2) is 7.36. The second-order valence-electron chi connectivity index (χ2n) is 6.40. The van der Waals surface area contributed by atoms with Crippen LogP contribution in [0.4, 0.5) is 11.6 Å². The van der Waals surface area contributed by atoms with Gasteiger partial charge in [0, 0.05) is 34.4 Å². The highest BCUT2D eigenvalue weighted by atomic mass is 35.5. The van der Waals surface area contributed by atoms with E-state index in [2.05, 4.69) is 30.5 Å². The predicted molar refractivity (Wildman–Crippen MR) is 111 cm³/mol. The summed E-state index contributed by atoms with van der Waals surface area (Å²) in [7, 11) is 0. The average molecular weight is 395 g/mol. The Labute approximate surface area is 166 Å². The third-order valence-corrected chi connectivity index (χ3v) is 4.46. The molecule has 3 heterocycles. The van der Waals surface area contributed by atoms with Gasteiger partial charge in [0.15, 0.2) is 5.82 Å². The molecular weight excluding hydrogens is 376 g/mol. The van der Waals surface area contributed by atoms with E-state index in [1.165, 1.54) is 0 Å². The molecule has 4 rings (SSSR count). The first-order chi connectivity index (χ1) is 13.5. The van der Waals surface area contributed by atoms with Crippen molar-refractivity contribution in [3.05, 3.63) is 58.5 Å². The number of rotatable bonds is 5. The molecule has 3 aromatic heterocycles. The minimum Gasteiger partial charge on any atom is -0.423 e. The highest BCUT2D eigenvalue weighted by Crippen LogP contribution is 2.35. The molecule has 0 aliphatic heterocycles. The number of hydrogen-bond donors (Lipinski definition) is 3. The maximum absolute atomic E-state index is 6.51. The summed E-state index contributed by atoms with van der Waals surface area (Å²) in [5.41, 5.74) is 3.64. The van der Waals surface area contributed by atoms with Gasteiger partial charge in [-0.05, 0) is 45.0 Å². The summed E-state index contributed by atoms with van der Waals surface area (Å²) < 4.78 is 5.88. The van der Waals surface area contributed by atoms with Gasteiger partial charge in [0.25, 0.3) is 0 Å². The number of aromatic amines is 2. The molecule has 0 fully saturated rings. The Hall–Kier alpha value is -3.32. The third kappa shape index (κ3) is 3.70. The summed E-state index contributed by atoms with van der Waals surface area (Å²) in [4.78, 5) is 12.0. The standard InChI is InChI=1S/C20H19ClN6O/c1-4-5-13-10-18(27-26-13)24-17-9-12(3)23-20(25-17)28-16-7-6-15-14(19(16)21)8-11(2)22-15/h4-10,22H,1-3H3,(H2,23,24,25,26,27)/b5-4+. The number of allylic oxidation sites excluding steroid dienone is 1. The fourth-order valence-corrected chi connectivity index (χ4v) is 3.17. The Balaban J connectivity index is 1.61. The molecule has 7 nitrogen and oxygen atoms in total. The predicted octanol–water partition coefficient (Wildman–Crippen LogP) is 5.52. The van der Waals surface area contributed by atoms with Crippen molar-refractivity contribution in [1.29, 1.82) is 0 Å². The van der Waals surface area contributed by atoms with Crippen molar-refractivity contribution in [2.45, 2.75) is 20.8 Å². The molecule has 0 atom stereocenters. The molecular formula is C20H19ClN6O. The smallest absolute Gasteiger partial charge is 0.324 e. The first kappa shape index (κ1) is 18.1. The monoisotopic (exact) mass is 394 g/mol. The number of hydrogen-bond acceptors (Lipinski definition) is 5. The molecule has 8 heteroatoms. The summed E-state index contributed by atoms with van der Waals surface area (Å²) in [5, 5.41) is 11.7. The zero-order valence-corrected chi connectivity index (χ0v) is 16.4. The topological polar surface area (TPSA) is 91.5 Å². The number of aromatic nitrogens is 5. The molecule has 0 aliphatic carbocycles. The molecule has 0 spiro atoms. The van der Waals surface area contributed by atoms with Crippen LogP contribution in [0.1, 0.15) is 24.0 Å². The van der Waals surface area contributed by atoms with E-state index in [1.807, 2.05) is 57.2 Å². The molecule has 3 N–H and O–H groups in total. The molecule has 28 heavy (non-hydrogen) atoms. The second-order valence-corrected chi connectivity index (χ2v) is 6.78. The van der Waals surface area contributed by atoms with Crippen LogP contribution in [0.15, 0.2) is 36.4 Å². The van der Waals surface area contributed by atoms with E-state index in [0.717, 1.165) is 28.0 Å². The highest BCUT2D eigenvalue weighted by Gasteiger charge is 2.12. The van der Waals surface area contributed by atoms with Gasteiger partial charge >= 0.3 is 6.01 Å². The van der Waals surface area contributed by atoms with Crippen LogP contribution < -0.4 is 10.1 Å². The van der Waals surface area contributed by atoms with Crippen LogP contribution >= 0.6 is 11.6 Å². The zero-order valence-electron chi connectivity index (χ0n) is 15.7. The van der Waals surface area contributed by atoms with E-state index in [9.17, 15) is 0 Å². The lowest BCUT2D eigenvalue weighted by atomic mass is 10.2. The molecule has 4 aromatic rings. The fraction of sp³-hybridized carbons (Fsp3) is 0.150. The molecule has 0 amide bonds. The zero-order chi connectivity index (χ0) is 19.7. The van der Waals surface area contributed by atoms with E-state index < -0.39 is 0 Å². The number of benzene rings is 1. The van der Waals surface area contributed by atoms with Gasteiger partial charge in [0.2, 0.25) is 0 Å². The van der Waals surface area contributed by atoms with Gasteiger partial charge in [0.1, 0.15) is 11.6 Å². The molecule has 0 radical (unpaired) electrons. The van der Waals surface area contributed by atoms with E-state index in [1.54, 1.807) is 6.07 Å². The summed E-state index contributed by atoms with van der Waals surface area (Å²) in [5.74, 6) is 1.73. The number of H-pyrrole nitrogens is 2. The quantitative estimate of drug-likeness (QED) is 0.414. The largest absolute Gasteiger partial charge is 0.423 e. The van der Waals surface area contributed by atoms with Crippen LogP contribution in [-0.4, -0.2) is 25.1 Å². The van der Waals surface area contributed by atoms with Gasteiger partial charge in [-0.25, -0.2) is 4.98 Å². The summed E-state index contributed by atoms with van der Waals surface area (Å²) in [6, 6.07) is 9.62. The van der Waals surface area contributed by atoms with Crippen molar-refractivity contribution in [3.63, 3.8) is 0 Å². The Bertz CT molecular complexity index is 1180. The van der Waals surface area contributed by atoms with Gasteiger partial charge in [-0.2, -0.15) is 10.1 Å². The van der Waals surface area contributed by atoms with Crippen LogP contribution in [-0.2, 0) is 0 Å². The molecule has 142 valence electrons. The molecule has 1 aromatic carbocycles. The summed E-state index contributed by atoms with van der Waals surface area (Å²) in [6.07, 6.45) is 3.86. The lowest BCUT2D eigenvalue weighted by Gasteiger charge is -2.09. The Morgan fingerprint density at radius 1 is 1.11 bits per heavy atom. The minimum absolute atomic E-state index is 0.209. The Morgan fingerprint density at radius 2 is 1.96 bits per heavy atom. The van der Waals surface area contributed by atoms with Crippen LogP contribution in [0.2, 0.25) is 5.02 Å². The molecule has 0 bridgehead atoms. The van der Waals surface area contributed by atoms with Crippen LogP contribution in [0, 0.1) is 13.8 Å². The van der Waals surface area contributed by atoms with E-state index in [4.69, 9.17) is 16.3 Å². The lowest BCUT2D eigenvalue weighted by Crippen LogP contribution is -2.00. The fourth-order valence-electron chi connectivity index (χ4n) is 2.91. The molecule has 0 aliphatic rings. The summed E-state index contributed by atoms with van der Waals surface area (Å²) in [6.45, 7) is 5.80. The van der Waals surface area contributed by atoms with Gasteiger partial charge in [-0.1, -0.05) is 17.7 Å². The molecule has 0 saturated carbocycles. The van der Waals surface area contributed by atoms with Crippen LogP contribution in [0.3, 0.4) is 0 Å². The number of ether oxygens (including phenoxy) is 1. The van der Waals surface area contributed by atoms with Gasteiger partial charge in [0.05, 0.1) is 10.7 Å². The Kier molecular flexibility index (Phi) is 4.75. The first-order valence-corrected chi connectivity index (χ1v) is 9.16. The van der Waals surface area contributed by atoms with Crippen LogP contribution in [0.5, 0.6) is 11.8 Å². The molecule has 0 unspecified atom stereocenters. The number of nitrogens with one attached hydrogen (secondary N) is 3. The van der Waals surface area contributed by atoms with Crippen molar-refractivity contribution in [3.8, 4) is 11.8 Å². The summed E-state index contributed by atoms with van der Waals surface area (Å²) >= 11 is 6.51. The van der Waals surface area contributed by atoms with Crippen molar-refractivity contribution in [1.82, 2.24) is 25.1 Å².